The number of Topliss-reactive ketones (excluding diaryl/α,β-unsaturated/α-hetero) is 1. The normalized spacial score (nSPS) is 17.1. The Hall–Kier alpha value is -3.93. The zero-order chi connectivity index (χ0) is 25.7. The van der Waals surface area contributed by atoms with Gasteiger partial charge in [-0.3, -0.25) is 9.59 Å². The lowest BCUT2D eigenvalue weighted by Crippen LogP contribution is -2.31. The van der Waals surface area contributed by atoms with Crippen molar-refractivity contribution in [2.24, 2.45) is 5.92 Å². The Bertz CT molecular complexity index is 1250. The molecule has 1 atom stereocenters. The Morgan fingerprint density at radius 2 is 1.72 bits per heavy atom. The fourth-order valence-electron chi connectivity index (χ4n) is 4.30. The lowest BCUT2D eigenvalue weighted by Gasteiger charge is -2.26. The molecule has 3 aromatic carbocycles. The van der Waals surface area contributed by atoms with Gasteiger partial charge in [-0.15, -0.1) is 0 Å². The first-order valence-corrected chi connectivity index (χ1v) is 12.2. The number of aliphatic hydroxyl groups excluding tert-OH is 1. The molecule has 36 heavy (non-hydrogen) atoms. The molecule has 0 aliphatic carbocycles. The molecule has 1 aliphatic rings. The van der Waals surface area contributed by atoms with Crippen LogP contribution < -0.4 is 4.74 Å². The molecule has 1 aliphatic heterocycles. The molecule has 0 saturated carbocycles. The molecular formula is C30H30FNO4. The van der Waals surface area contributed by atoms with Gasteiger partial charge in [0.25, 0.3) is 11.7 Å². The number of benzene rings is 3. The van der Waals surface area contributed by atoms with E-state index in [0.717, 1.165) is 12.0 Å². The number of halogens is 1. The number of carbonyl (C=O) groups is 2. The number of ketones is 1. The van der Waals surface area contributed by atoms with Crippen LogP contribution in [0.2, 0.25) is 0 Å². The summed E-state index contributed by atoms with van der Waals surface area (Å²) in [4.78, 5) is 27.9. The van der Waals surface area contributed by atoms with Crippen molar-refractivity contribution in [1.29, 1.82) is 0 Å². The summed E-state index contributed by atoms with van der Waals surface area (Å²) in [6.07, 6.45) is 1.44. The average molecular weight is 488 g/mol. The number of rotatable bonds is 9. The molecule has 6 heteroatoms. The molecular weight excluding hydrogens is 457 g/mol. The lowest BCUT2D eigenvalue weighted by molar-refractivity contribution is -0.139. The van der Waals surface area contributed by atoms with Crippen molar-refractivity contribution in [3.8, 4) is 5.75 Å². The van der Waals surface area contributed by atoms with Gasteiger partial charge in [-0.1, -0.05) is 56.3 Å². The topological polar surface area (TPSA) is 66.8 Å². The van der Waals surface area contributed by atoms with Crippen LogP contribution in [0.15, 0.2) is 84.4 Å². The van der Waals surface area contributed by atoms with Crippen LogP contribution in [0.3, 0.4) is 0 Å². The van der Waals surface area contributed by atoms with E-state index in [2.05, 4.69) is 13.8 Å². The summed E-state index contributed by atoms with van der Waals surface area (Å²) in [6.45, 7) is 5.08. The molecule has 1 amide bonds. The second kappa shape index (κ2) is 11.2. The summed E-state index contributed by atoms with van der Waals surface area (Å²) >= 11 is 0. The van der Waals surface area contributed by atoms with E-state index in [1.807, 2.05) is 54.6 Å². The highest BCUT2D eigenvalue weighted by Gasteiger charge is 2.46. The highest BCUT2D eigenvalue weighted by molar-refractivity contribution is 6.46. The lowest BCUT2D eigenvalue weighted by atomic mass is 9.95. The van der Waals surface area contributed by atoms with Crippen LogP contribution >= 0.6 is 0 Å². The molecule has 1 fully saturated rings. The summed E-state index contributed by atoms with van der Waals surface area (Å²) in [5, 5.41) is 11.1. The fourth-order valence-corrected chi connectivity index (χ4v) is 4.30. The maximum Gasteiger partial charge on any atom is 0.295 e. The van der Waals surface area contributed by atoms with E-state index in [-0.39, 0.29) is 23.4 Å². The van der Waals surface area contributed by atoms with Crippen LogP contribution in [0.1, 0.15) is 43.0 Å². The molecule has 1 heterocycles. The molecule has 1 unspecified atom stereocenters. The molecule has 0 bridgehead atoms. The van der Waals surface area contributed by atoms with E-state index in [9.17, 15) is 19.1 Å². The van der Waals surface area contributed by atoms with Crippen molar-refractivity contribution in [2.75, 3.05) is 13.2 Å². The number of carbonyl (C=O) groups excluding carboxylic acids is 2. The number of aliphatic hydroxyl groups is 1. The Balaban J connectivity index is 1.73. The predicted octanol–water partition coefficient (Wildman–Crippen LogP) is 5.92. The molecule has 3 aromatic rings. The molecule has 5 nitrogen and oxygen atoms in total. The summed E-state index contributed by atoms with van der Waals surface area (Å²) in [6, 6.07) is 21.4. The molecule has 186 valence electrons. The average Bonchev–Trinajstić information content (AvgIpc) is 3.13. The first-order valence-electron chi connectivity index (χ1n) is 12.2. The SMILES string of the molecule is CC(C)CCOc1cccc(C2C(=C(O)c3ccc(F)cc3)C(=O)C(=O)N2CCc2ccccc2)c1. The maximum absolute atomic E-state index is 13.5. The molecule has 0 radical (unpaired) electrons. The minimum Gasteiger partial charge on any atom is -0.507 e. The highest BCUT2D eigenvalue weighted by atomic mass is 19.1. The van der Waals surface area contributed by atoms with Crippen LogP contribution in [0.25, 0.3) is 5.76 Å². The summed E-state index contributed by atoms with van der Waals surface area (Å²) in [5.41, 5.74) is 1.95. The van der Waals surface area contributed by atoms with E-state index >= 15 is 0 Å². The van der Waals surface area contributed by atoms with Crippen LogP contribution in [0.5, 0.6) is 5.75 Å². The van der Waals surface area contributed by atoms with Gasteiger partial charge < -0.3 is 14.7 Å². The summed E-state index contributed by atoms with van der Waals surface area (Å²) < 4.78 is 19.4. The number of hydrogen-bond donors (Lipinski definition) is 1. The van der Waals surface area contributed by atoms with E-state index in [1.165, 1.54) is 29.2 Å². The quantitative estimate of drug-likeness (QED) is 0.231. The van der Waals surface area contributed by atoms with Gasteiger partial charge in [0, 0.05) is 12.1 Å². The van der Waals surface area contributed by atoms with Gasteiger partial charge >= 0.3 is 0 Å². The summed E-state index contributed by atoms with van der Waals surface area (Å²) in [7, 11) is 0. The van der Waals surface area contributed by atoms with Crippen molar-refractivity contribution in [3.63, 3.8) is 0 Å². The van der Waals surface area contributed by atoms with Gasteiger partial charge in [0.05, 0.1) is 18.2 Å². The Labute approximate surface area is 210 Å². The van der Waals surface area contributed by atoms with Crippen LogP contribution in [0, 0.1) is 11.7 Å². The van der Waals surface area contributed by atoms with Crippen molar-refractivity contribution >= 4 is 17.4 Å². The first kappa shape index (κ1) is 25.2. The molecule has 0 spiro atoms. The van der Waals surface area contributed by atoms with Crippen molar-refractivity contribution in [1.82, 2.24) is 4.90 Å². The largest absolute Gasteiger partial charge is 0.507 e. The predicted molar refractivity (Wildman–Crippen MR) is 137 cm³/mol. The minimum atomic E-state index is -0.799. The van der Waals surface area contributed by atoms with Crippen LogP contribution in [-0.4, -0.2) is 34.8 Å². The molecule has 1 saturated heterocycles. The second-order valence-electron chi connectivity index (χ2n) is 9.34. The number of likely N-dealkylation sites (tertiary alicyclic amines) is 1. The number of amides is 1. The Kier molecular flexibility index (Phi) is 7.84. The second-order valence-corrected chi connectivity index (χ2v) is 9.34. The summed E-state index contributed by atoms with van der Waals surface area (Å²) in [5.74, 6) is -1.10. The van der Waals surface area contributed by atoms with Gasteiger partial charge in [-0.05, 0) is 66.3 Å². The Morgan fingerprint density at radius 1 is 1.00 bits per heavy atom. The van der Waals surface area contributed by atoms with Crippen LogP contribution in [-0.2, 0) is 16.0 Å². The van der Waals surface area contributed by atoms with Gasteiger partial charge in [0.2, 0.25) is 0 Å². The third-order valence-corrected chi connectivity index (χ3v) is 6.28. The number of hydrogen-bond acceptors (Lipinski definition) is 4. The van der Waals surface area contributed by atoms with E-state index in [4.69, 9.17) is 4.74 Å². The fraction of sp³-hybridized carbons (Fsp3) is 0.267. The number of nitrogens with zero attached hydrogens (tertiary/aromatic N) is 1. The van der Waals surface area contributed by atoms with Crippen molar-refractivity contribution in [3.05, 3.63) is 107 Å². The Morgan fingerprint density at radius 3 is 2.42 bits per heavy atom. The van der Waals surface area contributed by atoms with Gasteiger partial charge in [0.15, 0.2) is 0 Å². The van der Waals surface area contributed by atoms with Gasteiger partial charge in [0.1, 0.15) is 17.3 Å². The highest BCUT2D eigenvalue weighted by Crippen LogP contribution is 2.40. The van der Waals surface area contributed by atoms with Gasteiger partial charge in [-0.25, -0.2) is 4.39 Å². The van der Waals surface area contributed by atoms with Gasteiger partial charge in [-0.2, -0.15) is 0 Å². The molecule has 4 rings (SSSR count). The zero-order valence-corrected chi connectivity index (χ0v) is 20.5. The minimum absolute atomic E-state index is 0.0148. The molecule has 0 aromatic heterocycles. The van der Waals surface area contributed by atoms with Crippen molar-refractivity contribution < 1.29 is 23.8 Å². The van der Waals surface area contributed by atoms with Crippen LogP contribution in [0.4, 0.5) is 4.39 Å². The van der Waals surface area contributed by atoms with E-state index in [1.54, 1.807) is 0 Å². The molecule has 1 N–H and O–H groups in total. The maximum atomic E-state index is 13.5. The standard InChI is InChI=1S/C30H30FNO4/c1-20(2)16-18-36-25-10-6-9-23(19-25)27-26(28(33)22-11-13-24(31)14-12-22)29(34)30(35)32(27)17-15-21-7-4-3-5-8-21/h3-14,19-20,27,33H,15-18H2,1-2H3. The third kappa shape index (κ3) is 5.65. The zero-order valence-electron chi connectivity index (χ0n) is 20.5. The third-order valence-electron chi connectivity index (χ3n) is 6.28. The smallest absolute Gasteiger partial charge is 0.295 e. The van der Waals surface area contributed by atoms with E-state index in [0.29, 0.717) is 30.3 Å². The first-order chi connectivity index (χ1) is 17.3. The van der Waals surface area contributed by atoms with E-state index < -0.39 is 23.5 Å². The number of ether oxygens (including phenoxy) is 1. The monoisotopic (exact) mass is 487 g/mol. The van der Waals surface area contributed by atoms with Crippen molar-refractivity contribution in [2.45, 2.75) is 32.7 Å².